The lowest BCUT2D eigenvalue weighted by Crippen LogP contribution is -2.40. The first kappa shape index (κ1) is 11.6. The second kappa shape index (κ2) is 5.44. The summed E-state index contributed by atoms with van der Waals surface area (Å²) in [5, 5.41) is 9.93. The van der Waals surface area contributed by atoms with Crippen molar-refractivity contribution in [1.82, 2.24) is 15.6 Å². The largest absolute Gasteiger partial charge is 0.316 e. The Morgan fingerprint density at radius 2 is 2.21 bits per heavy atom. The highest BCUT2D eigenvalue weighted by atomic mass is 32.1. The zero-order valence-corrected chi connectivity index (χ0v) is 9.95. The second-order valence-corrected chi connectivity index (χ2v) is 4.64. The zero-order valence-electron chi connectivity index (χ0n) is 9.13. The Morgan fingerprint density at radius 3 is 2.79 bits per heavy atom. The first-order chi connectivity index (χ1) is 6.67. The van der Waals surface area contributed by atoms with E-state index in [0.717, 1.165) is 24.6 Å². The molecule has 0 amide bonds. The molecular weight excluding hydrogens is 194 g/mol. The van der Waals surface area contributed by atoms with Crippen molar-refractivity contribution in [1.29, 1.82) is 0 Å². The fraction of sp³-hybridized carbons (Fsp3) is 0.700. The smallest absolute Gasteiger partial charge is 0.112 e. The van der Waals surface area contributed by atoms with Crippen molar-refractivity contribution in [3.05, 3.63) is 16.6 Å². The average molecular weight is 213 g/mol. The normalized spacial score (nSPS) is 11.9. The molecule has 1 aromatic heterocycles. The van der Waals surface area contributed by atoms with Gasteiger partial charge in [0.05, 0.1) is 5.54 Å². The summed E-state index contributed by atoms with van der Waals surface area (Å²) in [4.78, 5) is 4.32. The predicted molar refractivity (Wildman–Crippen MR) is 61.7 cm³/mol. The fourth-order valence-electron chi connectivity index (χ4n) is 1.25. The number of likely N-dealkylation sites (N-methyl/N-ethyl adjacent to an activating group) is 1. The minimum absolute atomic E-state index is 0.0103. The summed E-state index contributed by atoms with van der Waals surface area (Å²) in [6, 6.07) is 0. The van der Waals surface area contributed by atoms with Gasteiger partial charge in [-0.15, -0.1) is 11.3 Å². The van der Waals surface area contributed by atoms with Crippen LogP contribution in [0.1, 0.15) is 25.8 Å². The number of aromatic nitrogens is 1. The quantitative estimate of drug-likeness (QED) is 0.704. The van der Waals surface area contributed by atoms with Gasteiger partial charge >= 0.3 is 0 Å². The first-order valence-electron chi connectivity index (χ1n) is 5.02. The maximum absolute atomic E-state index is 4.32. The van der Waals surface area contributed by atoms with Crippen LogP contribution in [-0.4, -0.2) is 24.6 Å². The van der Waals surface area contributed by atoms with Gasteiger partial charge in [-0.25, -0.2) is 4.98 Å². The zero-order chi connectivity index (χ0) is 10.4. The first-order valence-corrected chi connectivity index (χ1v) is 5.90. The van der Waals surface area contributed by atoms with Crippen molar-refractivity contribution in [2.24, 2.45) is 0 Å². The van der Waals surface area contributed by atoms with Crippen molar-refractivity contribution in [2.75, 3.05) is 19.6 Å². The van der Waals surface area contributed by atoms with Crippen LogP contribution >= 0.6 is 11.3 Å². The SMILES string of the molecule is CCNCCNC(C)(C)c1nccs1. The van der Waals surface area contributed by atoms with Crippen LogP contribution in [0.25, 0.3) is 0 Å². The number of hydrogen-bond donors (Lipinski definition) is 2. The highest BCUT2D eigenvalue weighted by molar-refractivity contribution is 7.09. The highest BCUT2D eigenvalue weighted by Gasteiger charge is 2.21. The Labute approximate surface area is 89.9 Å². The third-order valence-electron chi connectivity index (χ3n) is 2.09. The van der Waals surface area contributed by atoms with Crippen LogP contribution in [0.4, 0.5) is 0 Å². The lowest BCUT2D eigenvalue weighted by molar-refractivity contribution is 0.399. The van der Waals surface area contributed by atoms with E-state index >= 15 is 0 Å². The topological polar surface area (TPSA) is 37.0 Å². The van der Waals surface area contributed by atoms with Gasteiger partial charge in [0.15, 0.2) is 0 Å². The molecule has 0 saturated carbocycles. The molecule has 0 atom stereocenters. The highest BCUT2D eigenvalue weighted by Crippen LogP contribution is 2.21. The monoisotopic (exact) mass is 213 g/mol. The molecule has 0 fully saturated rings. The lowest BCUT2D eigenvalue weighted by atomic mass is 10.1. The van der Waals surface area contributed by atoms with Crippen LogP contribution in [0.3, 0.4) is 0 Å². The number of rotatable bonds is 6. The van der Waals surface area contributed by atoms with Crippen molar-refractivity contribution >= 4 is 11.3 Å². The Bertz CT molecular complexity index is 244. The summed E-state index contributed by atoms with van der Waals surface area (Å²) < 4.78 is 0. The van der Waals surface area contributed by atoms with E-state index in [1.54, 1.807) is 11.3 Å². The molecule has 14 heavy (non-hydrogen) atoms. The van der Waals surface area contributed by atoms with E-state index in [1.165, 1.54) is 0 Å². The molecule has 1 heterocycles. The van der Waals surface area contributed by atoms with Crippen LogP contribution in [0.5, 0.6) is 0 Å². The predicted octanol–water partition coefficient (Wildman–Crippen LogP) is 1.58. The number of hydrogen-bond acceptors (Lipinski definition) is 4. The molecule has 0 aromatic carbocycles. The molecule has 0 spiro atoms. The van der Waals surface area contributed by atoms with E-state index in [9.17, 15) is 0 Å². The van der Waals surface area contributed by atoms with E-state index in [-0.39, 0.29) is 5.54 Å². The summed E-state index contributed by atoms with van der Waals surface area (Å²) in [6.45, 7) is 9.45. The van der Waals surface area contributed by atoms with Crippen molar-refractivity contribution in [3.8, 4) is 0 Å². The molecular formula is C10H19N3S. The van der Waals surface area contributed by atoms with Gasteiger partial charge in [-0.1, -0.05) is 6.92 Å². The second-order valence-electron chi connectivity index (χ2n) is 3.74. The van der Waals surface area contributed by atoms with Gasteiger partial charge in [-0.05, 0) is 20.4 Å². The van der Waals surface area contributed by atoms with Crippen LogP contribution in [0.15, 0.2) is 11.6 Å². The molecule has 4 heteroatoms. The average Bonchev–Trinajstić information content (AvgIpc) is 2.65. The Hall–Kier alpha value is -0.450. The summed E-state index contributed by atoms with van der Waals surface area (Å²) in [5.74, 6) is 0. The number of thiazole rings is 1. The number of nitrogens with zero attached hydrogens (tertiary/aromatic N) is 1. The van der Waals surface area contributed by atoms with Crippen molar-refractivity contribution in [3.63, 3.8) is 0 Å². The molecule has 0 bridgehead atoms. The molecule has 0 unspecified atom stereocenters. The molecule has 0 saturated heterocycles. The van der Waals surface area contributed by atoms with Gasteiger partial charge in [-0.3, -0.25) is 0 Å². The third-order valence-corrected chi connectivity index (χ3v) is 3.18. The van der Waals surface area contributed by atoms with Crippen molar-refractivity contribution in [2.45, 2.75) is 26.3 Å². The van der Waals surface area contributed by atoms with Gasteiger partial charge < -0.3 is 10.6 Å². The van der Waals surface area contributed by atoms with Crippen LogP contribution < -0.4 is 10.6 Å². The molecule has 0 aliphatic carbocycles. The fourth-order valence-corrected chi connectivity index (χ4v) is 1.99. The van der Waals surface area contributed by atoms with E-state index in [2.05, 4.69) is 36.4 Å². The molecule has 0 aliphatic heterocycles. The van der Waals surface area contributed by atoms with Gasteiger partial charge in [0, 0.05) is 24.7 Å². The third kappa shape index (κ3) is 3.36. The lowest BCUT2D eigenvalue weighted by Gasteiger charge is -2.23. The minimum atomic E-state index is -0.0103. The van der Waals surface area contributed by atoms with Gasteiger partial charge in [0.1, 0.15) is 5.01 Å². The molecule has 0 aliphatic rings. The standard InChI is InChI=1S/C10H19N3S/c1-4-11-5-6-13-10(2,3)9-12-7-8-14-9/h7-8,11,13H,4-6H2,1-3H3. The van der Waals surface area contributed by atoms with Crippen molar-refractivity contribution < 1.29 is 0 Å². The summed E-state index contributed by atoms with van der Waals surface area (Å²) in [5.41, 5.74) is -0.0103. The summed E-state index contributed by atoms with van der Waals surface area (Å²) in [6.07, 6.45) is 1.85. The van der Waals surface area contributed by atoms with Crippen LogP contribution in [0.2, 0.25) is 0 Å². The number of nitrogens with one attached hydrogen (secondary N) is 2. The summed E-state index contributed by atoms with van der Waals surface area (Å²) >= 11 is 1.70. The summed E-state index contributed by atoms with van der Waals surface area (Å²) in [7, 11) is 0. The molecule has 1 rings (SSSR count). The maximum atomic E-state index is 4.32. The van der Waals surface area contributed by atoms with Gasteiger partial charge in [-0.2, -0.15) is 0 Å². The van der Waals surface area contributed by atoms with Crippen LogP contribution in [-0.2, 0) is 5.54 Å². The molecule has 1 aromatic rings. The van der Waals surface area contributed by atoms with Gasteiger partial charge in [0.25, 0.3) is 0 Å². The Morgan fingerprint density at radius 1 is 1.43 bits per heavy atom. The minimum Gasteiger partial charge on any atom is -0.316 e. The molecule has 2 N–H and O–H groups in total. The molecule has 3 nitrogen and oxygen atoms in total. The molecule has 80 valence electrons. The van der Waals surface area contributed by atoms with E-state index < -0.39 is 0 Å². The van der Waals surface area contributed by atoms with E-state index in [1.807, 2.05) is 11.6 Å². The van der Waals surface area contributed by atoms with Crippen LogP contribution in [0, 0.1) is 0 Å². The molecule has 0 radical (unpaired) electrons. The Balaban J connectivity index is 2.35. The van der Waals surface area contributed by atoms with E-state index in [0.29, 0.717) is 0 Å². The maximum Gasteiger partial charge on any atom is 0.112 e. The van der Waals surface area contributed by atoms with Gasteiger partial charge in [0.2, 0.25) is 0 Å². The Kier molecular flexibility index (Phi) is 4.51. The van der Waals surface area contributed by atoms with E-state index in [4.69, 9.17) is 0 Å².